The van der Waals surface area contributed by atoms with Crippen LogP contribution in [0.1, 0.15) is 22.3 Å². The third kappa shape index (κ3) is 4.27. The summed E-state index contributed by atoms with van der Waals surface area (Å²) < 4.78 is 6.83. The van der Waals surface area contributed by atoms with E-state index in [9.17, 15) is 0 Å². The Hall–Kier alpha value is -7.43. The van der Waals surface area contributed by atoms with E-state index in [1.165, 1.54) is 50.1 Å². The molecule has 260 valence electrons. The molecule has 4 nitrogen and oxygen atoms in total. The molecule has 0 N–H and O–H groups in total. The molecule has 1 unspecified atom stereocenters. The van der Waals surface area contributed by atoms with E-state index in [2.05, 4.69) is 163 Å². The highest BCUT2D eigenvalue weighted by Crippen LogP contribution is 2.63. The van der Waals surface area contributed by atoms with Gasteiger partial charge in [0.1, 0.15) is 11.2 Å². The summed E-state index contributed by atoms with van der Waals surface area (Å²) in [5.74, 6) is 0.660. The maximum atomic E-state index is 6.83. The Balaban J connectivity index is 1.22. The molecule has 0 fully saturated rings. The molecular weight excluding hydrogens is 683 g/mol. The van der Waals surface area contributed by atoms with Gasteiger partial charge in [0, 0.05) is 45.4 Å². The lowest BCUT2D eigenvalue weighted by molar-refractivity contribution is 0.669. The number of rotatable bonds is 3. The van der Waals surface area contributed by atoms with Gasteiger partial charge in [-0.05, 0) is 80.4 Å². The molecule has 0 aliphatic heterocycles. The minimum absolute atomic E-state index is 0.660. The lowest BCUT2D eigenvalue weighted by atomic mass is 9.65. The molecule has 0 saturated heterocycles. The molecule has 0 amide bonds. The summed E-state index contributed by atoms with van der Waals surface area (Å²) in [6.45, 7) is 0. The van der Waals surface area contributed by atoms with E-state index in [0.29, 0.717) is 5.82 Å². The second-order valence-corrected chi connectivity index (χ2v) is 14.7. The van der Waals surface area contributed by atoms with Gasteiger partial charge in [0.25, 0.3) is 0 Å². The molecule has 2 aliphatic carbocycles. The predicted molar refractivity (Wildman–Crippen MR) is 225 cm³/mol. The van der Waals surface area contributed by atoms with Crippen molar-refractivity contribution in [2.45, 2.75) is 5.41 Å². The molecule has 10 aromatic rings. The van der Waals surface area contributed by atoms with Gasteiger partial charge in [-0.1, -0.05) is 146 Å². The zero-order valence-electron chi connectivity index (χ0n) is 30.1. The Morgan fingerprint density at radius 2 is 1.05 bits per heavy atom. The van der Waals surface area contributed by atoms with Crippen LogP contribution in [0.5, 0.6) is 0 Å². The van der Waals surface area contributed by atoms with Crippen LogP contribution in [0, 0.1) is 0 Å². The Morgan fingerprint density at radius 3 is 1.84 bits per heavy atom. The van der Waals surface area contributed by atoms with Crippen LogP contribution in [0.3, 0.4) is 0 Å². The SMILES string of the molecule is c1ccc(-c2cc(-c3cccnc3)nc(-c3ccc4c(c3)C3(c5ccccc5-c5ccccc5-4)c4ccccc4-c4c3ccc3c4oc4ccccc43)n2)cc1. The second kappa shape index (κ2) is 11.8. The lowest BCUT2D eigenvalue weighted by Crippen LogP contribution is -2.29. The fraction of sp³-hybridized carbons (Fsp3) is 0.0192. The van der Waals surface area contributed by atoms with E-state index < -0.39 is 5.41 Å². The number of benzene rings is 7. The maximum absolute atomic E-state index is 6.83. The van der Waals surface area contributed by atoms with Crippen molar-refractivity contribution in [2.24, 2.45) is 0 Å². The highest BCUT2D eigenvalue weighted by Gasteiger charge is 2.50. The molecule has 0 radical (unpaired) electrons. The average Bonchev–Trinajstić information content (AvgIpc) is 3.77. The van der Waals surface area contributed by atoms with Crippen LogP contribution in [0.2, 0.25) is 0 Å². The van der Waals surface area contributed by atoms with Crippen molar-refractivity contribution in [1.82, 2.24) is 15.0 Å². The van der Waals surface area contributed by atoms with Gasteiger partial charge >= 0.3 is 0 Å². The van der Waals surface area contributed by atoms with Crippen LogP contribution in [-0.2, 0) is 5.41 Å². The van der Waals surface area contributed by atoms with Crippen molar-refractivity contribution >= 4 is 21.9 Å². The zero-order valence-corrected chi connectivity index (χ0v) is 30.1. The monoisotopic (exact) mass is 713 g/mol. The molecule has 0 saturated carbocycles. The van der Waals surface area contributed by atoms with Gasteiger partial charge in [-0.15, -0.1) is 0 Å². The van der Waals surface area contributed by atoms with Crippen molar-refractivity contribution in [3.05, 3.63) is 211 Å². The van der Waals surface area contributed by atoms with E-state index in [1.54, 1.807) is 6.20 Å². The molecule has 1 atom stereocenters. The summed E-state index contributed by atoms with van der Waals surface area (Å²) in [7, 11) is 0. The largest absolute Gasteiger partial charge is 0.455 e. The van der Waals surface area contributed by atoms with Crippen LogP contribution in [0.15, 0.2) is 193 Å². The number of para-hydroxylation sites is 1. The van der Waals surface area contributed by atoms with Gasteiger partial charge in [-0.2, -0.15) is 0 Å². The molecule has 56 heavy (non-hydrogen) atoms. The number of furan rings is 1. The number of aromatic nitrogens is 3. The van der Waals surface area contributed by atoms with Crippen molar-refractivity contribution in [2.75, 3.05) is 0 Å². The Labute approximate surface area is 323 Å². The van der Waals surface area contributed by atoms with Crippen LogP contribution < -0.4 is 0 Å². The number of fused-ring (bicyclic) bond motifs is 16. The summed E-state index contributed by atoms with van der Waals surface area (Å²) in [4.78, 5) is 15.0. The molecule has 7 aromatic carbocycles. The standard InChI is InChI=1S/C52H31N3O/c1-2-13-32(14-3-1)46-30-47(34-15-12-28-53-31-34)55-51(54-46)33-24-25-38-36-17-5-4-16-35(36)37-18-6-9-21-42(37)52(45(38)29-33)43-22-10-7-20-41(43)49-44(52)27-26-40-39-19-8-11-23-48(39)56-50(40)49/h1-31H. The van der Waals surface area contributed by atoms with Gasteiger partial charge in [0.05, 0.1) is 16.8 Å². The van der Waals surface area contributed by atoms with Gasteiger partial charge in [-0.25, -0.2) is 9.97 Å². The molecular formula is C52H31N3O. The minimum atomic E-state index is -0.691. The van der Waals surface area contributed by atoms with Gasteiger partial charge < -0.3 is 4.42 Å². The predicted octanol–water partition coefficient (Wildman–Crippen LogP) is 12.8. The fourth-order valence-electron chi connectivity index (χ4n) is 9.49. The van der Waals surface area contributed by atoms with Gasteiger partial charge in [-0.3, -0.25) is 4.98 Å². The minimum Gasteiger partial charge on any atom is -0.455 e. The lowest BCUT2D eigenvalue weighted by Gasteiger charge is -2.35. The number of hydrogen-bond acceptors (Lipinski definition) is 4. The van der Waals surface area contributed by atoms with Crippen LogP contribution in [-0.4, -0.2) is 15.0 Å². The zero-order chi connectivity index (χ0) is 36.8. The molecule has 4 heteroatoms. The van der Waals surface area contributed by atoms with Crippen molar-refractivity contribution in [1.29, 1.82) is 0 Å². The number of hydrogen-bond donors (Lipinski definition) is 0. The molecule has 3 aromatic heterocycles. The Morgan fingerprint density at radius 1 is 0.411 bits per heavy atom. The number of nitrogens with zero attached hydrogens (tertiary/aromatic N) is 3. The molecule has 12 rings (SSSR count). The number of pyridine rings is 1. The first-order chi connectivity index (χ1) is 27.8. The Bertz CT molecular complexity index is 3140. The van der Waals surface area contributed by atoms with Gasteiger partial charge in [0.2, 0.25) is 0 Å². The van der Waals surface area contributed by atoms with Crippen molar-refractivity contribution in [3.63, 3.8) is 0 Å². The first-order valence-electron chi connectivity index (χ1n) is 19.0. The Kier molecular flexibility index (Phi) is 6.52. The quantitative estimate of drug-likeness (QED) is 0.183. The van der Waals surface area contributed by atoms with Crippen LogP contribution >= 0.6 is 0 Å². The normalized spacial score (nSPS) is 14.9. The molecule has 3 heterocycles. The topological polar surface area (TPSA) is 51.8 Å². The summed E-state index contributed by atoms with van der Waals surface area (Å²) >= 11 is 0. The highest BCUT2D eigenvalue weighted by atomic mass is 16.3. The summed E-state index contributed by atoms with van der Waals surface area (Å²) in [5.41, 5.74) is 17.7. The molecule has 2 aliphatic rings. The fourth-order valence-corrected chi connectivity index (χ4v) is 9.49. The maximum Gasteiger partial charge on any atom is 0.160 e. The third-order valence-electron chi connectivity index (χ3n) is 11.8. The summed E-state index contributed by atoms with van der Waals surface area (Å²) in [6, 6.07) is 63.0. The third-order valence-corrected chi connectivity index (χ3v) is 11.8. The van der Waals surface area contributed by atoms with E-state index in [-0.39, 0.29) is 0 Å². The molecule has 1 spiro atoms. The highest BCUT2D eigenvalue weighted by molar-refractivity contribution is 6.13. The van der Waals surface area contributed by atoms with Crippen LogP contribution in [0.4, 0.5) is 0 Å². The van der Waals surface area contributed by atoms with Crippen molar-refractivity contribution in [3.8, 4) is 67.3 Å². The van der Waals surface area contributed by atoms with E-state index in [1.807, 2.05) is 24.4 Å². The van der Waals surface area contributed by atoms with Gasteiger partial charge in [0.15, 0.2) is 5.82 Å². The summed E-state index contributed by atoms with van der Waals surface area (Å²) in [5, 5.41) is 2.25. The van der Waals surface area contributed by atoms with E-state index in [4.69, 9.17) is 14.4 Å². The molecule has 0 bridgehead atoms. The smallest absolute Gasteiger partial charge is 0.160 e. The summed E-state index contributed by atoms with van der Waals surface area (Å²) in [6.07, 6.45) is 3.66. The van der Waals surface area contributed by atoms with E-state index in [0.717, 1.165) is 55.6 Å². The van der Waals surface area contributed by atoms with Crippen LogP contribution in [0.25, 0.3) is 89.2 Å². The second-order valence-electron chi connectivity index (χ2n) is 14.7. The first-order valence-corrected chi connectivity index (χ1v) is 19.0. The van der Waals surface area contributed by atoms with E-state index >= 15 is 0 Å². The first kappa shape index (κ1) is 31.0. The average molecular weight is 714 g/mol. The van der Waals surface area contributed by atoms with Crippen molar-refractivity contribution < 1.29 is 4.42 Å².